The molecule has 1 heterocycles. The summed E-state index contributed by atoms with van der Waals surface area (Å²) < 4.78 is 20.9. The summed E-state index contributed by atoms with van der Waals surface area (Å²) in [5.74, 6) is 0. The van der Waals surface area contributed by atoms with Crippen molar-refractivity contribution in [2.75, 3.05) is 27.9 Å². The van der Waals surface area contributed by atoms with Gasteiger partial charge < -0.3 is 24.1 Å². The Morgan fingerprint density at radius 3 is 2.35 bits per heavy atom. The molecule has 0 bridgehead atoms. The molecule has 1 aliphatic rings. The van der Waals surface area contributed by atoms with Crippen LogP contribution in [0, 0.1) is 0 Å². The van der Waals surface area contributed by atoms with Gasteiger partial charge >= 0.3 is 0 Å². The van der Waals surface area contributed by atoms with Gasteiger partial charge in [-0.1, -0.05) is 5.11 Å². The minimum atomic E-state index is -0.943. The van der Waals surface area contributed by atoms with Gasteiger partial charge in [0.25, 0.3) is 0 Å². The smallest absolute Gasteiger partial charge is 0.186 e. The Kier molecular flexibility index (Phi) is 5.63. The molecule has 0 aromatic rings. The summed E-state index contributed by atoms with van der Waals surface area (Å²) in [5, 5.41) is 13.4. The van der Waals surface area contributed by atoms with E-state index in [-0.39, 0.29) is 6.54 Å². The van der Waals surface area contributed by atoms with Crippen molar-refractivity contribution >= 4 is 0 Å². The maximum Gasteiger partial charge on any atom is 0.186 e. The SMILES string of the molecule is COC1[C@@H](OC)OC(CN=[N+]=[N-])[C@H](O)[C@@H]1OC. The standard InChI is InChI=1S/C9H17N3O5/c1-14-7-6(13)5(4-11-12-10)17-9(16-3)8(7)15-2/h5-9,13H,4H2,1-3H3/t5?,6-,7-,8?,9-/m0/s1. The predicted octanol–water partition coefficient (Wildman–Crippen LogP) is 0.0589. The number of aliphatic hydroxyl groups excluding tert-OH is 1. The van der Waals surface area contributed by atoms with Gasteiger partial charge in [0.1, 0.15) is 18.3 Å². The van der Waals surface area contributed by atoms with Gasteiger partial charge in [0.05, 0.1) is 12.6 Å². The summed E-state index contributed by atoms with van der Waals surface area (Å²) in [6.07, 6.45) is -3.43. The van der Waals surface area contributed by atoms with Gasteiger partial charge in [0.2, 0.25) is 0 Å². The zero-order valence-corrected chi connectivity index (χ0v) is 10.0. The molecule has 8 nitrogen and oxygen atoms in total. The highest BCUT2D eigenvalue weighted by Gasteiger charge is 2.45. The van der Waals surface area contributed by atoms with Crippen LogP contribution in [0.3, 0.4) is 0 Å². The number of ether oxygens (including phenoxy) is 4. The maximum absolute atomic E-state index is 10.0. The molecule has 1 rings (SSSR count). The zero-order valence-electron chi connectivity index (χ0n) is 10.0. The molecule has 1 fully saturated rings. The van der Waals surface area contributed by atoms with Crippen LogP contribution in [-0.2, 0) is 18.9 Å². The highest BCUT2D eigenvalue weighted by molar-refractivity contribution is 4.91. The summed E-state index contributed by atoms with van der Waals surface area (Å²) in [6.45, 7) is 0.00776. The van der Waals surface area contributed by atoms with Gasteiger partial charge in [0, 0.05) is 26.2 Å². The fourth-order valence-electron chi connectivity index (χ4n) is 1.87. The molecule has 0 spiro atoms. The maximum atomic E-state index is 10.0. The molecule has 17 heavy (non-hydrogen) atoms. The molecule has 1 aliphatic heterocycles. The Morgan fingerprint density at radius 2 is 1.88 bits per heavy atom. The average molecular weight is 247 g/mol. The molecule has 0 saturated carbocycles. The largest absolute Gasteiger partial charge is 0.388 e. The van der Waals surface area contributed by atoms with E-state index >= 15 is 0 Å². The lowest BCUT2D eigenvalue weighted by molar-refractivity contribution is -0.296. The first-order chi connectivity index (χ1) is 8.19. The first kappa shape index (κ1) is 14.2. The summed E-state index contributed by atoms with van der Waals surface area (Å²) >= 11 is 0. The Balaban J connectivity index is 2.81. The normalized spacial score (nSPS) is 37.5. The monoisotopic (exact) mass is 247 g/mol. The van der Waals surface area contributed by atoms with E-state index in [1.165, 1.54) is 21.3 Å². The Morgan fingerprint density at radius 1 is 1.24 bits per heavy atom. The van der Waals surface area contributed by atoms with Crippen LogP contribution in [0.4, 0.5) is 0 Å². The lowest BCUT2D eigenvalue weighted by Gasteiger charge is -2.42. The van der Waals surface area contributed by atoms with Crippen LogP contribution in [0.1, 0.15) is 0 Å². The molecule has 1 N–H and O–H groups in total. The molecular formula is C9H17N3O5. The number of hydrogen-bond acceptors (Lipinski definition) is 6. The summed E-state index contributed by atoms with van der Waals surface area (Å²) in [6, 6.07) is 0. The molecule has 0 aromatic heterocycles. The van der Waals surface area contributed by atoms with E-state index in [1.807, 2.05) is 0 Å². The summed E-state index contributed by atoms with van der Waals surface area (Å²) in [4.78, 5) is 2.63. The molecule has 0 aliphatic carbocycles. The second-order valence-electron chi connectivity index (χ2n) is 3.58. The van der Waals surface area contributed by atoms with Crippen LogP contribution < -0.4 is 0 Å². The van der Waals surface area contributed by atoms with Crippen LogP contribution in [0.25, 0.3) is 10.4 Å². The lowest BCUT2D eigenvalue weighted by Crippen LogP contribution is -2.60. The molecule has 8 heteroatoms. The highest BCUT2D eigenvalue weighted by atomic mass is 16.7. The van der Waals surface area contributed by atoms with Gasteiger partial charge in [-0.05, 0) is 5.53 Å². The Hall–Kier alpha value is -0.890. The van der Waals surface area contributed by atoms with Crippen LogP contribution in [0.2, 0.25) is 0 Å². The molecule has 5 atom stereocenters. The first-order valence-electron chi connectivity index (χ1n) is 5.12. The van der Waals surface area contributed by atoms with E-state index in [1.54, 1.807) is 0 Å². The molecule has 0 amide bonds. The van der Waals surface area contributed by atoms with E-state index in [2.05, 4.69) is 10.0 Å². The van der Waals surface area contributed by atoms with Crippen molar-refractivity contribution in [3.63, 3.8) is 0 Å². The number of methoxy groups -OCH3 is 3. The fourth-order valence-corrected chi connectivity index (χ4v) is 1.87. The number of nitrogens with zero attached hydrogens (tertiary/aromatic N) is 3. The van der Waals surface area contributed by atoms with Crippen molar-refractivity contribution in [3.8, 4) is 0 Å². The second kappa shape index (κ2) is 6.75. The average Bonchev–Trinajstić information content (AvgIpc) is 2.36. The van der Waals surface area contributed by atoms with Crippen molar-refractivity contribution < 1.29 is 24.1 Å². The number of azide groups is 1. The van der Waals surface area contributed by atoms with E-state index in [0.717, 1.165) is 0 Å². The van der Waals surface area contributed by atoms with Gasteiger partial charge in [0.15, 0.2) is 6.29 Å². The van der Waals surface area contributed by atoms with Crippen molar-refractivity contribution in [2.45, 2.75) is 30.7 Å². The molecule has 1 saturated heterocycles. The number of hydrogen-bond donors (Lipinski definition) is 1. The second-order valence-corrected chi connectivity index (χ2v) is 3.58. The van der Waals surface area contributed by atoms with Gasteiger partial charge in [-0.15, -0.1) is 0 Å². The van der Waals surface area contributed by atoms with Crippen LogP contribution >= 0.6 is 0 Å². The third-order valence-electron chi connectivity index (χ3n) is 2.72. The first-order valence-corrected chi connectivity index (χ1v) is 5.12. The minimum Gasteiger partial charge on any atom is -0.388 e. The van der Waals surface area contributed by atoms with Gasteiger partial charge in [-0.2, -0.15) is 0 Å². The molecule has 0 radical (unpaired) electrons. The number of rotatable bonds is 5. The summed E-state index contributed by atoms with van der Waals surface area (Å²) in [5.41, 5.74) is 8.26. The van der Waals surface area contributed by atoms with Crippen LogP contribution in [-0.4, -0.2) is 63.7 Å². The predicted molar refractivity (Wildman–Crippen MR) is 57.3 cm³/mol. The van der Waals surface area contributed by atoms with Gasteiger partial charge in [-0.25, -0.2) is 0 Å². The van der Waals surface area contributed by atoms with E-state index in [9.17, 15) is 5.11 Å². The summed E-state index contributed by atoms with van der Waals surface area (Å²) in [7, 11) is 4.40. The third kappa shape index (κ3) is 3.06. The fraction of sp³-hybridized carbons (Fsp3) is 1.00. The third-order valence-corrected chi connectivity index (χ3v) is 2.72. The van der Waals surface area contributed by atoms with E-state index in [4.69, 9.17) is 24.5 Å². The molecule has 0 aromatic carbocycles. The Labute approximate surface area is 99.0 Å². The van der Waals surface area contributed by atoms with Crippen LogP contribution in [0.5, 0.6) is 0 Å². The van der Waals surface area contributed by atoms with Crippen molar-refractivity contribution in [1.29, 1.82) is 0 Å². The van der Waals surface area contributed by atoms with E-state index in [0.29, 0.717) is 0 Å². The molecule has 2 unspecified atom stereocenters. The zero-order chi connectivity index (χ0) is 12.8. The quantitative estimate of drug-likeness (QED) is 0.420. The van der Waals surface area contributed by atoms with Crippen LogP contribution in [0.15, 0.2) is 5.11 Å². The van der Waals surface area contributed by atoms with Gasteiger partial charge in [-0.3, -0.25) is 0 Å². The van der Waals surface area contributed by atoms with Crippen molar-refractivity contribution in [2.24, 2.45) is 5.11 Å². The minimum absolute atomic E-state index is 0.00776. The Bertz CT molecular complexity index is 284. The topological polar surface area (TPSA) is 106 Å². The molecular weight excluding hydrogens is 230 g/mol. The molecule has 98 valence electrons. The lowest BCUT2D eigenvalue weighted by atomic mass is 9.98. The van der Waals surface area contributed by atoms with E-state index < -0.39 is 30.7 Å². The van der Waals surface area contributed by atoms with Crippen molar-refractivity contribution in [3.05, 3.63) is 10.4 Å². The van der Waals surface area contributed by atoms with Crippen molar-refractivity contribution in [1.82, 2.24) is 0 Å². The number of aliphatic hydroxyl groups is 1. The highest BCUT2D eigenvalue weighted by Crippen LogP contribution is 2.25.